The lowest BCUT2D eigenvalue weighted by Gasteiger charge is -2.28. The van der Waals surface area contributed by atoms with Crippen LogP contribution in [-0.4, -0.2) is 44.2 Å². The van der Waals surface area contributed by atoms with E-state index in [1.54, 1.807) is 7.11 Å². The fourth-order valence-corrected chi connectivity index (χ4v) is 4.08. The Labute approximate surface area is 172 Å². The van der Waals surface area contributed by atoms with Crippen molar-refractivity contribution in [1.29, 1.82) is 0 Å². The van der Waals surface area contributed by atoms with Gasteiger partial charge >= 0.3 is 0 Å². The number of thioether (sulfide) groups is 1. The number of nitrogens with one attached hydrogen (secondary N) is 2. The molecule has 1 heterocycles. The largest absolute Gasteiger partial charge is 0.496 e. The predicted octanol–water partition coefficient (Wildman–Crippen LogP) is 3.50. The van der Waals surface area contributed by atoms with Gasteiger partial charge in [-0.15, -0.1) is 0 Å². The minimum Gasteiger partial charge on any atom is -0.496 e. The lowest BCUT2D eigenvalue weighted by Crippen LogP contribution is -2.36. The van der Waals surface area contributed by atoms with E-state index in [0.29, 0.717) is 13.1 Å². The first-order valence-corrected chi connectivity index (χ1v) is 11.0. The van der Waals surface area contributed by atoms with Crippen LogP contribution < -0.4 is 20.3 Å². The number of benzene rings is 2. The van der Waals surface area contributed by atoms with Crippen LogP contribution in [0, 0.1) is 0 Å². The van der Waals surface area contributed by atoms with E-state index in [1.165, 1.54) is 22.8 Å². The number of ether oxygens (including phenoxy) is 1. The molecule has 0 atom stereocenters. The van der Waals surface area contributed by atoms with Gasteiger partial charge in [0.05, 0.1) is 13.7 Å². The predicted molar refractivity (Wildman–Crippen MR) is 121 cm³/mol. The van der Waals surface area contributed by atoms with Crippen molar-refractivity contribution in [3.8, 4) is 5.75 Å². The number of hydrogen-bond donors (Lipinski definition) is 2. The van der Waals surface area contributed by atoms with Crippen LogP contribution in [0.25, 0.3) is 0 Å². The maximum absolute atomic E-state index is 5.42. The van der Waals surface area contributed by atoms with Gasteiger partial charge in [0.1, 0.15) is 5.75 Å². The third-order valence-corrected chi connectivity index (χ3v) is 5.66. The van der Waals surface area contributed by atoms with E-state index < -0.39 is 0 Å². The Morgan fingerprint density at radius 2 is 1.82 bits per heavy atom. The Balaban J connectivity index is 1.59. The molecular weight excluding hydrogens is 368 g/mol. The summed E-state index contributed by atoms with van der Waals surface area (Å²) in [5, 5.41) is 6.70. The van der Waals surface area contributed by atoms with Crippen LogP contribution in [0.5, 0.6) is 5.75 Å². The molecule has 0 bridgehead atoms. The molecule has 28 heavy (non-hydrogen) atoms. The van der Waals surface area contributed by atoms with Gasteiger partial charge in [-0.1, -0.05) is 30.3 Å². The smallest absolute Gasteiger partial charge is 0.191 e. The summed E-state index contributed by atoms with van der Waals surface area (Å²) in [6, 6.07) is 16.8. The molecule has 5 nitrogen and oxygen atoms in total. The highest BCUT2D eigenvalue weighted by Gasteiger charge is 2.10. The fraction of sp³-hybridized carbons (Fsp3) is 0.409. The van der Waals surface area contributed by atoms with Crippen LogP contribution in [0.3, 0.4) is 0 Å². The summed E-state index contributed by atoms with van der Waals surface area (Å²) >= 11 is 2.04. The summed E-state index contributed by atoms with van der Waals surface area (Å²) in [5.74, 6) is 4.13. The average molecular weight is 399 g/mol. The van der Waals surface area contributed by atoms with Gasteiger partial charge in [-0.3, -0.25) is 0 Å². The molecule has 2 N–H and O–H groups in total. The topological polar surface area (TPSA) is 48.9 Å². The summed E-state index contributed by atoms with van der Waals surface area (Å²) in [4.78, 5) is 7.19. The molecule has 1 saturated heterocycles. The molecule has 0 saturated carbocycles. The van der Waals surface area contributed by atoms with Crippen molar-refractivity contribution in [2.24, 2.45) is 4.99 Å². The molecule has 6 heteroatoms. The van der Waals surface area contributed by atoms with Gasteiger partial charge < -0.3 is 20.3 Å². The zero-order valence-corrected chi connectivity index (χ0v) is 17.6. The minimum absolute atomic E-state index is 0.650. The highest BCUT2D eigenvalue weighted by Crippen LogP contribution is 2.20. The number of methoxy groups -OCH3 is 1. The van der Waals surface area contributed by atoms with Gasteiger partial charge in [0.2, 0.25) is 0 Å². The van der Waals surface area contributed by atoms with Gasteiger partial charge in [0.15, 0.2) is 5.96 Å². The molecule has 2 aromatic carbocycles. The zero-order chi connectivity index (χ0) is 19.6. The molecule has 3 rings (SSSR count). The van der Waals surface area contributed by atoms with E-state index in [0.717, 1.165) is 36.9 Å². The van der Waals surface area contributed by atoms with Crippen molar-refractivity contribution in [3.05, 3.63) is 59.7 Å². The van der Waals surface area contributed by atoms with Crippen LogP contribution in [-0.2, 0) is 13.1 Å². The molecule has 0 amide bonds. The fourth-order valence-electron chi connectivity index (χ4n) is 3.17. The number of anilines is 1. The average Bonchev–Trinajstić information content (AvgIpc) is 2.77. The van der Waals surface area contributed by atoms with Crippen molar-refractivity contribution in [2.45, 2.75) is 20.0 Å². The third kappa shape index (κ3) is 5.83. The SMILES string of the molecule is CCNC(=NCc1ccc(N2CCSCC2)cc1)NCc1ccccc1OC. The van der Waals surface area contributed by atoms with Crippen LogP contribution in [0.1, 0.15) is 18.1 Å². The van der Waals surface area contributed by atoms with Crippen molar-refractivity contribution in [1.82, 2.24) is 10.6 Å². The summed E-state index contributed by atoms with van der Waals surface area (Å²) in [5.41, 5.74) is 3.64. The monoisotopic (exact) mass is 398 g/mol. The molecule has 150 valence electrons. The third-order valence-electron chi connectivity index (χ3n) is 4.72. The number of hydrogen-bond acceptors (Lipinski definition) is 4. The second kappa shape index (κ2) is 10.9. The molecular formula is C22H30N4OS. The standard InChI is InChI=1S/C22H30N4OS/c1-3-23-22(25-17-19-6-4-5-7-21(19)27-2)24-16-18-8-10-20(11-9-18)26-12-14-28-15-13-26/h4-11H,3,12-17H2,1-2H3,(H2,23,24,25). The maximum atomic E-state index is 5.42. The quantitative estimate of drug-likeness (QED) is 0.552. The highest BCUT2D eigenvalue weighted by molar-refractivity contribution is 7.99. The Hall–Kier alpha value is -2.34. The van der Waals surface area contributed by atoms with E-state index >= 15 is 0 Å². The first-order chi connectivity index (χ1) is 13.8. The lowest BCUT2D eigenvalue weighted by atomic mass is 10.2. The second-order valence-electron chi connectivity index (χ2n) is 6.63. The second-order valence-corrected chi connectivity index (χ2v) is 7.85. The Morgan fingerprint density at radius 3 is 2.54 bits per heavy atom. The molecule has 0 unspecified atom stereocenters. The molecule has 1 aliphatic heterocycles. The first-order valence-electron chi connectivity index (χ1n) is 9.86. The first kappa shape index (κ1) is 20.4. The van der Waals surface area contributed by atoms with Gasteiger partial charge in [-0.25, -0.2) is 4.99 Å². The maximum Gasteiger partial charge on any atom is 0.191 e. The van der Waals surface area contributed by atoms with Gasteiger partial charge in [-0.05, 0) is 30.7 Å². The molecule has 0 spiro atoms. The van der Waals surface area contributed by atoms with E-state index in [4.69, 9.17) is 9.73 Å². The Kier molecular flexibility index (Phi) is 7.91. The normalized spacial score (nSPS) is 14.6. The van der Waals surface area contributed by atoms with Crippen molar-refractivity contribution < 1.29 is 4.74 Å². The number of aliphatic imine (C=N–C) groups is 1. The summed E-state index contributed by atoms with van der Waals surface area (Å²) in [6.45, 7) is 6.49. The summed E-state index contributed by atoms with van der Waals surface area (Å²) in [6.07, 6.45) is 0. The highest BCUT2D eigenvalue weighted by atomic mass is 32.2. The number of para-hydroxylation sites is 1. The van der Waals surface area contributed by atoms with E-state index in [-0.39, 0.29) is 0 Å². The number of guanidine groups is 1. The molecule has 0 aliphatic carbocycles. The van der Waals surface area contributed by atoms with E-state index in [2.05, 4.69) is 52.8 Å². The Bertz CT molecular complexity index is 757. The molecule has 0 radical (unpaired) electrons. The van der Waals surface area contributed by atoms with Gasteiger partial charge in [0.25, 0.3) is 0 Å². The molecule has 2 aromatic rings. The number of nitrogens with zero attached hydrogens (tertiary/aromatic N) is 2. The van der Waals surface area contributed by atoms with Crippen molar-refractivity contribution in [2.75, 3.05) is 43.1 Å². The molecule has 1 fully saturated rings. The Morgan fingerprint density at radius 1 is 1.07 bits per heavy atom. The van der Waals surface area contributed by atoms with Crippen LogP contribution in [0.2, 0.25) is 0 Å². The van der Waals surface area contributed by atoms with Gasteiger partial charge in [0, 0.05) is 48.9 Å². The van der Waals surface area contributed by atoms with Crippen molar-refractivity contribution >= 4 is 23.4 Å². The van der Waals surface area contributed by atoms with Crippen LogP contribution in [0.4, 0.5) is 5.69 Å². The minimum atomic E-state index is 0.650. The van der Waals surface area contributed by atoms with Gasteiger partial charge in [-0.2, -0.15) is 11.8 Å². The lowest BCUT2D eigenvalue weighted by molar-refractivity contribution is 0.409. The molecule has 1 aliphatic rings. The van der Waals surface area contributed by atoms with Crippen LogP contribution >= 0.6 is 11.8 Å². The summed E-state index contributed by atoms with van der Waals surface area (Å²) in [7, 11) is 1.70. The van der Waals surface area contributed by atoms with E-state index in [1.807, 2.05) is 30.0 Å². The zero-order valence-electron chi connectivity index (χ0n) is 16.8. The van der Waals surface area contributed by atoms with E-state index in [9.17, 15) is 0 Å². The molecule has 0 aromatic heterocycles. The number of rotatable bonds is 7. The summed E-state index contributed by atoms with van der Waals surface area (Å²) < 4.78 is 5.42. The van der Waals surface area contributed by atoms with Crippen LogP contribution in [0.15, 0.2) is 53.5 Å². The van der Waals surface area contributed by atoms with Crippen molar-refractivity contribution in [3.63, 3.8) is 0 Å².